The number of anilines is 1. The van der Waals surface area contributed by atoms with Crippen LogP contribution in [0, 0.1) is 14.9 Å². The minimum Gasteiger partial charge on any atom is -0.379 e. The fourth-order valence-electron chi connectivity index (χ4n) is 1.35. The third-order valence-corrected chi connectivity index (χ3v) is 4.47. The van der Waals surface area contributed by atoms with Gasteiger partial charge < -0.3 is 5.32 Å². The highest BCUT2D eigenvalue weighted by atomic mass is 127. The van der Waals surface area contributed by atoms with E-state index in [2.05, 4.69) is 62.0 Å². The number of halogens is 2. The summed E-state index contributed by atoms with van der Waals surface area (Å²) < 4.78 is 2.25. The van der Waals surface area contributed by atoms with E-state index in [1.807, 2.05) is 18.2 Å². The number of rotatable bonds is 3. The molecule has 17 heavy (non-hydrogen) atoms. The van der Waals surface area contributed by atoms with Crippen molar-refractivity contribution in [2.45, 2.75) is 6.54 Å². The van der Waals surface area contributed by atoms with Gasteiger partial charge in [-0.2, -0.15) is 5.26 Å². The summed E-state index contributed by atoms with van der Waals surface area (Å²) in [7, 11) is 0. The van der Waals surface area contributed by atoms with Crippen molar-refractivity contribution in [1.29, 1.82) is 5.26 Å². The Kier molecular flexibility index (Phi) is 4.42. The molecule has 0 aliphatic heterocycles. The van der Waals surface area contributed by atoms with E-state index in [1.54, 1.807) is 0 Å². The zero-order valence-corrected chi connectivity index (χ0v) is 13.3. The number of nitrogens with zero attached hydrogens (tertiary/aromatic N) is 1. The van der Waals surface area contributed by atoms with Crippen LogP contribution >= 0.6 is 49.9 Å². The number of nitrogens with one attached hydrogen (secondary N) is 1. The predicted molar refractivity (Wildman–Crippen MR) is 83.2 cm³/mol. The molecule has 0 aliphatic rings. The van der Waals surface area contributed by atoms with Crippen molar-refractivity contribution < 1.29 is 0 Å². The lowest BCUT2D eigenvalue weighted by Crippen LogP contribution is -1.98. The molecule has 5 heteroatoms. The Hall–Kier alpha value is -0.580. The zero-order chi connectivity index (χ0) is 12.3. The highest BCUT2D eigenvalue weighted by molar-refractivity contribution is 14.1. The molecule has 2 rings (SSSR count). The van der Waals surface area contributed by atoms with E-state index in [9.17, 15) is 0 Å². The smallest absolute Gasteiger partial charge is 0.110 e. The Morgan fingerprint density at radius 2 is 2.18 bits per heavy atom. The van der Waals surface area contributed by atoms with Crippen LogP contribution in [0.25, 0.3) is 0 Å². The van der Waals surface area contributed by atoms with Crippen LogP contribution in [0.3, 0.4) is 0 Å². The van der Waals surface area contributed by atoms with Crippen molar-refractivity contribution in [2.75, 3.05) is 5.32 Å². The van der Waals surface area contributed by atoms with Gasteiger partial charge in [-0.05, 0) is 68.9 Å². The standard InChI is InChI=1S/C12H8BrIN2S/c13-11-5-8(14)1-4-12(11)16-7-10-3-2-9(6-15)17-10/h1-5,16H,7H2. The number of nitriles is 1. The quantitative estimate of drug-likeness (QED) is 0.739. The van der Waals surface area contributed by atoms with Crippen molar-refractivity contribution in [1.82, 2.24) is 0 Å². The zero-order valence-electron chi connectivity index (χ0n) is 8.71. The molecule has 0 radical (unpaired) electrons. The number of thiophene rings is 1. The summed E-state index contributed by atoms with van der Waals surface area (Å²) >= 11 is 7.32. The van der Waals surface area contributed by atoms with E-state index >= 15 is 0 Å². The first kappa shape index (κ1) is 12.9. The minimum absolute atomic E-state index is 0.742. The molecule has 2 nitrogen and oxygen atoms in total. The maximum atomic E-state index is 8.74. The summed E-state index contributed by atoms with van der Waals surface area (Å²) in [6, 6.07) is 12.2. The molecule has 0 saturated heterocycles. The topological polar surface area (TPSA) is 35.8 Å². The van der Waals surface area contributed by atoms with Crippen LogP contribution in [0.1, 0.15) is 9.75 Å². The van der Waals surface area contributed by atoms with E-state index in [1.165, 1.54) is 14.9 Å². The maximum Gasteiger partial charge on any atom is 0.110 e. The third-order valence-electron chi connectivity index (χ3n) is 2.16. The van der Waals surface area contributed by atoms with E-state index in [-0.39, 0.29) is 0 Å². The maximum absolute atomic E-state index is 8.74. The Labute approximate surface area is 126 Å². The summed E-state index contributed by atoms with van der Waals surface area (Å²) in [6.45, 7) is 0.742. The molecule has 2 aromatic rings. The lowest BCUT2D eigenvalue weighted by molar-refractivity contribution is 1.19. The normalized spacial score (nSPS) is 9.94. The number of hydrogen-bond acceptors (Lipinski definition) is 3. The molecule has 0 bridgehead atoms. The Morgan fingerprint density at radius 3 is 2.82 bits per heavy atom. The fraction of sp³-hybridized carbons (Fsp3) is 0.0833. The average Bonchev–Trinajstić information content (AvgIpc) is 2.76. The van der Waals surface area contributed by atoms with E-state index in [0.29, 0.717) is 0 Å². The second kappa shape index (κ2) is 5.85. The van der Waals surface area contributed by atoms with Crippen molar-refractivity contribution in [3.8, 4) is 6.07 Å². The van der Waals surface area contributed by atoms with Crippen LogP contribution in [0.5, 0.6) is 0 Å². The third kappa shape index (κ3) is 3.44. The molecule has 0 aliphatic carbocycles. The van der Waals surface area contributed by atoms with E-state index < -0.39 is 0 Å². The van der Waals surface area contributed by atoms with Gasteiger partial charge in [0.15, 0.2) is 0 Å². The first-order valence-electron chi connectivity index (χ1n) is 4.87. The van der Waals surface area contributed by atoms with Gasteiger partial charge in [0.1, 0.15) is 10.9 Å². The lowest BCUT2D eigenvalue weighted by Gasteiger charge is -2.07. The molecule has 0 amide bonds. The fourth-order valence-corrected chi connectivity index (χ4v) is 3.53. The lowest BCUT2D eigenvalue weighted by atomic mass is 10.3. The molecule has 0 atom stereocenters. The Balaban J connectivity index is 2.05. The van der Waals surface area contributed by atoms with Crippen molar-refractivity contribution in [2.24, 2.45) is 0 Å². The van der Waals surface area contributed by atoms with Gasteiger partial charge in [0.05, 0.1) is 0 Å². The summed E-state index contributed by atoms with van der Waals surface area (Å²) in [5.74, 6) is 0. The molecular formula is C12H8BrIN2S. The average molecular weight is 419 g/mol. The first-order valence-corrected chi connectivity index (χ1v) is 7.55. The van der Waals surface area contributed by atoms with Crippen LogP contribution in [-0.4, -0.2) is 0 Å². The number of benzene rings is 1. The molecular weight excluding hydrogens is 411 g/mol. The largest absolute Gasteiger partial charge is 0.379 e. The Bertz CT molecular complexity index is 574. The SMILES string of the molecule is N#Cc1ccc(CNc2ccc(I)cc2Br)s1. The summed E-state index contributed by atoms with van der Waals surface area (Å²) in [4.78, 5) is 1.91. The number of hydrogen-bond donors (Lipinski definition) is 1. The van der Waals surface area contributed by atoms with Gasteiger partial charge in [0.25, 0.3) is 0 Å². The second-order valence-electron chi connectivity index (χ2n) is 3.36. The second-order valence-corrected chi connectivity index (χ2v) is 6.62. The predicted octanol–water partition coefficient (Wildman–Crippen LogP) is 4.60. The van der Waals surface area contributed by atoms with Gasteiger partial charge in [-0.1, -0.05) is 0 Å². The summed E-state index contributed by atoms with van der Waals surface area (Å²) in [6.07, 6.45) is 0. The molecule has 0 spiro atoms. The molecule has 1 aromatic carbocycles. The Morgan fingerprint density at radius 1 is 1.35 bits per heavy atom. The molecule has 1 heterocycles. The molecule has 86 valence electrons. The summed E-state index contributed by atoms with van der Waals surface area (Å²) in [5.41, 5.74) is 1.07. The van der Waals surface area contributed by atoms with E-state index in [4.69, 9.17) is 5.26 Å². The van der Waals surface area contributed by atoms with Crippen LogP contribution < -0.4 is 5.32 Å². The van der Waals surface area contributed by atoms with Crippen molar-refractivity contribution in [3.05, 3.63) is 48.1 Å². The molecule has 1 aromatic heterocycles. The highest BCUT2D eigenvalue weighted by Crippen LogP contribution is 2.25. The van der Waals surface area contributed by atoms with Crippen LogP contribution in [0.4, 0.5) is 5.69 Å². The van der Waals surface area contributed by atoms with Gasteiger partial charge in [0.2, 0.25) is 0 Å². The van der Waals surface area contributed by atoms with Gasteiger partial charge in [-0.15, -0.1) is 11.3 Å². The van der Waals surface area contributed by atoms with Crippen LogP contribution in [0.15, 0.2) is 34.8 Å². The van der Waals surface area contributed by atoms with Crippen LogP contribution in [-0.2, 0) is 6.54 Å². The van der Waals surface area contributed by atoms with E-state index in [0.717, 1.165) is 26.5 Å². The first-order chi connectivity index (χ1) is 8.19. The van der Waals surface area contributed by atoms with Gasteiger partial charge >= 0.3 is 0 Å². The van der Waals surface area contributed by atoms with Crippen molar-refractivity contribution >= 4 is 55.5 Å². The minimum atomic E-state index is 0.742. The van der Waals surface area contributed by atoms with Gasteiger partial charge in [-0.3, -0.25) is 0 Å². The molecule has 0 unspecified atom stereocenters. The van der Waals surface area contributed by atoms with Crippen LogP contribution in [0.2, 0.25) is 0 Å². The summed E-state index contributed by atoms with van der Waals surface area (Å²) in [5, 5.41) is 12.1. The van der Waals surface area contributed by atoms with Gasteiger partial charge in [0, 0.05) is 25.2 Å². The van der Waals surface area contributed by atoms with Crippen molar-refractivity contribution in [3.63, 3.8) is 0 Å². The molecule has 0 saturated carbocycles. The molecule has 0 fully saturated rings. The van der Waals surface area contributed by atoms with Gasteiger partial charge in [-0.25, -0.2) is 0 Å². The highest BCUT2D eigenvalue weighted by Gasteiger charge is 2.02. The molecule has 1 N–H and O–H groups in total. The monoisotopic (exact) mass is 418 g/mol.